The number of halogens is 2. The van der Waals surface area contributed by atoms with Crippen LogP contribution in [0.2, 0.25) is 0 Å². The molecule has 0 aliphatic heterocycles. The van der Waals surface area contributed by atoms with E-state index < -0.39 is 11.6 Å². The highest BCUT2D eigenvalue weighted by Crippen LogP contribution is 2.27. The summed E-state index contributed by atoms with van der Waals surface area (Å²) in [5.41, 5.74) is 0.267. The molecule has 0 fully saturated rings. The maximum atomic E-state index is 13.5. The second kappa shape index (κ2) is 6.21. The number of thioether (sulfide) groups is 1. The predicted octanol–water partition coefficient (Wildman–Crippen LogP) is 3.60. The zero-order valence-corrected chi connectivity index (χ0v) is 10.3. The minimum absolute atomic E-state index is 0.0536. The van der Waals surface area contributed by atoms with Crippen LogP contribution in [0.5, 0.6) is 0 Å². The first-order chi connectivity index (χ1) is 7.54. The fourth-order valence-electron chi connectivity index (χ4n) is 1.24. The molecule has 1 aromatic carbocycles. The van der Waals surface area contributed by atoms with Crippen molar-refractivity contribution in [1.29, 1.82) is 0 Å². The fourth-order valence-corrected chi connectivity index (χ4v) is 2.43. The Morgan fingerprint density at radius 3 is 2.25 bits per heavy atom. The van der Waals surface area contributed by atoms with Crippen molar-refractivity contribution in [3.63, 3.8) is 0 Å². The topological polar surface area (TPSA) is 20.2 Å². The SMILES string of the molecule is CC(C)CCSc1c(F)cc(CO)cc1F. The van der Waals surface area contributed by atoms with Crippen molar-refractivity contribution in [2.45, 2.75) is 31.8 Å². The van der Waals surface area contributed by atoms with Crippen molar-refractivity contribution >= 4 is 11.8 Å². The minimum Gasteiger partial charge on any atom is -0.392 e. The van der Waals surface area contributed by atoms with E-state index >= 15 is 0 Å². The Kier molecular flexibility index (Phi) is 5.22. The Morgan fingerprint density at radius 1 is 1.25 bits per heavy atom. The first-order valence-electron chi connectivity index (χ1n) is 5.26. The van der Waals surface area contributed by atoms with Gasteiger partial charge in [-0.1, -0.05) is 13.8 Å². The molecule has 1 rings (SSSR count). The van der Waals surface area contributed by atoms with Gasteiger partial charge >= 0.3 is 0 Å². The van der Waals surface area contributed by atoms with Crippen LogP contribution < -0.4 is 0 Å². The molecule has 0 aliphatic rings. The monoisotopic (exact) mass is 246 g/mol. The molecule has 16 heavy (non-hydrogen) atoms. The summed E-state index contributed by atoms with van der Waals surface area (Å²) < 4.78 is 26.9. The zero-order chi connectivity index (χ0) is 12.1. The van der Waals surface area contributed by atoms with Crippen LogP contribution in [-0.2, 0) is 6.61 Å². The molecule has 0 aromatic heterocycles. The van der Waals surface area contributed by atoms with Crippen LogP contribution in [0.3, 0.4) is 0 Å². The van der Waals surface area contributed by atoms with Crippen molar-refractivity contribution in [2.75, 3.05) is 5.75 Å². The molecular weight excluding hydrogens is 230 g/mol. The van der Waals surface area contributed by atoms with Gasteiger partial charge in [-0.25, -0.2) is 8.78 Å². The van der Waals surface area contributed by atoms with E-state index in [1.165, 1.54) is 23.9 Å². The molecule has 0 unspecified atom stereocenters. The molecule has 4 heteroatoms. The number of hydrogen-bond acceptors (Lipinski definition) is 2. The Balaban J connectivity index is 2.72. The van der Waals surface area contributed by atoms with Gasteiger partial charge in [-0.2, -0.15) is 0 Å². The van der Waals surface area contributed by atoms with E-state index in [9.17, 15) is 8.78 Å². The molecular formula is C12H16F2OS. The van der Waals surface area contributed by atoms with Crippen LogP contribution in [0.4, 0.5) is 8.78 Å². The van der Waals surface area contributed by atoms with Gasteiger partial charge in [-0.05, 0) is 35.8 Å². The van der Waals surface area contributed by atoms with Crippen LogP contribution in [0.15, 0.2) is 17.0 Å². The van der Waals surface area contributed by atoms with Gasteiger partial charge < -0.3 is 5.11 Å². The molecule has 1 aromatic rings. The van der Waals surface area contributed by atoms with Gasteiger partial charge in [0.2, 0.25) is 0 Å². The lowest BCUT2D eigenvalue weighted by molar-refractivity contribution is 0.280. The lowest BCUT2D eigenvalue weighted by Crippen LogP contribution is -1.95. The number of rotatable bonds is 5. The molecule has 0 amide bonds. The summed E-state index contributed by atoms with van der Waals surface area (Å²) in [7, 11) is 0. The Morgan fingerprint density at radius 2 is 1.81 bits per heavy atom. The fraction of sp³-hybridized carbons (Fsp3) is 0.500. The summed E-state index contributed by atoms with van der Waals surface area (Å²) in [6.07, 6.45) is 0.922. The summed E-state index contributed by atoms with van der Waals surface area (Å²) in [6, 6.07) is 2.36. The van der Waals surface area contributed by atoms with Gasteiger partial charge in [0.1, 0.15) is 11.6 Å². The van der Waals surface area contributed by atoms with Crippen LogP contribution >= 0.6 is 11.8 Å². The smallest absolute Gasteiger partial charge is 0.140 e. The van der Waals surface area contributed by atoms with E-state index in [4.69, 9.17) is 5.11 Å². The first kappa shape index (κ1) is 13.5. The van der Waals surface area contributed by atoms with Crippen LogP contribution in [0.1, 0.15) is 25.8 Å². The predicted molar refractivity (Wildman–Crippen MR) is 62.5 cm³/mol. The highest BCUT2D eigenvalue weighted by molar-refractivity contribution is 7.99. The summed E-state index contributed by atoms with van der Waals surface area (Å²) in [5, 5.41) is 8.79. The third kappa shape index (κ3) is 3.76. The van der Waals surface area contributed by atoms with Gasteiger partial charge in [0.15, 0.2) is 0 Å². The highest BCUT2D eigenvalue weighted by Gasteiger charge is 2.11. The molecule has 0 saturated carbocycles. The van der Waals surface area contributed by atoms with Gasteiger partial charge in [-0.3, -0.25) is 0 Å². The van der Waals surface area contributed by atoms with E-state index in [0.717, 1.165) is 6.42 Å². The van der Waals surface area contributed by atoms with Crippen LogP contribution in [0.25, 0.3) is 0 Å². The van der Waals surface area contributed by atoms with Gasteiger partial charge in [0.25, 0.3) is 0 Å². The molecule has 0 aliphatic carbocycles. The van der Waals surface area contributed by atoms with Crippen molar-refractivity contribution in [1.82, 2.24) is 0 Å². The second-order valence-electron chi connectivity index (χ2n) is 4.08. The molecule has 1 nitrogen and oxygen atoms in total. The third-order valence-corrected chi connectivity index (χ3v) is 3.30. The second-order valence-corrected chi connectivity index (χ2v) is 5.18. The molecule has 0 atom stereocenters. The van der Waals surface area contributed by atoms with Gasteiger partial charge in [-0.15, -0.1) is 11.8 Å². The Hall–Kier alpha value is -0.610. The standard InChI is InChI=1S/C12H16F2OS/c1-8(2)3-4-16-12-10(13)5-9(7-15)6-11(12)14/h5-6,8,15H,3-4,7H2,1-2H3. The maximum Gasteiger partial charge on any atom is 0.140 e. The highest BCUT2D eigenvalue weighted by atomic mass is 32.2. The number of benzene rings is 1. The molecule has 0 spiro atoms. The summed E-state index contributed by atoms with van der Waals surface area (Å²) in [4.78, 5) is 0.0536. The maximum absolute atomic E-state index is 13.5. The van der Waals surface area contributed by atoms with Crippen LogP contribution in [-0.4, -0.2) is 10.9 Å². The van der Waals surface area contributed by atoms with E-state index in [2.05, 4.69) is 13.8 Å². The Bertz CT molecular complexity index is 330. The van der Waals surface area contributed by atoms with Crippen LogP contribution in [0, 0.1) is 17.6 Å². The van der Waals surface area contributed by atoms with Crippen molar-refractivity contribution in [3.05, 3.63) is 29.3 Å². The quantitative estimate of drug-likeness (QED) is 0.801. The van der Waals surface area contributed by atoms with E-state index in [1.807, 2.05) is 0 Å². The molecule has 0 saturated heterocycles. The molecule has 0 heterocycles. The normalized spacial score (nSPS) is 11.1. The Labute approximate surface area is 98.9 Å². The van der Waals surface area contributed by atoms with E-state index in [-0.39, 0.29) is 17.1 Å². The first-order valence-corrected chi connectivity index (χ1v) is 6.24. The molecule has 90 valence electrons. The van der Waals surface area contributed by atoms with Crippen molar-refractivity contribution < 1.29 is 13.9 Å². The summed E-state index contributed by atoms with van der Waals surface area (Å²) in [5.74, 6) is 0.0511. The molecule has 0 bridgehead atoms. The van der Waals surface area contributed by atoms with Gasteiger partial charge in [0.05, 0.1) is 11.5 Å². The molecule has 1 N–H and O–H groups in total. The number of aliphatic hydroxyl groups is 1. The number of hydrogen-bond donors (Lipinski definition) is 1. The average Bonchev–Trinajstić information content (AvgIpc) is 2.21. The lowest BCUT2D eigenvalue weighted by atomic mass is 10.2. The third-order valence-electron chi connectivity index (χ3n) is 2.18. The van der Waals surface area contributed by atoms with Crippen molar-refractivity contribution in [3.8, 4) is 0 Å². The zero-order valence-electron chi connectivity index (χ0n) is 9.46. The number of aliphatic hydroxyl groups excluding tert-OH is 1. The average molecular weight is 246 g/mol. The van der Waals surface area contributed by atoms with Crippen molar-refractivity contribution in [2.24, 2.45) is 5.92 Å². The lowest BCUT2D eigenvalue weighted by Gasteiger charge is -2.08. The summed E-state index contributed by atoms with van der Waals surface area (Å²) >= 11 is 1.19. The molecule has 0 radical (unpaired) electrons. The largest absolute Gasteiger partial charge is 0.392 e. The summed E-state index contributed by atoms with van der Waals surface area (Å²) in [6.45, 7) is 3.80. The van der Waals surface area contributed by atoms with E-state index in [0.29, 0.717) is 11.7 Å². The van der Waals surface area contributed by atoms with E-state index in [1.54, 1.807) is 0 Å². The minimum atomic E-state index is -0.585. The van der Waals surface area contributed by atoms with Gasteiger partial charge in [0, 0.05) is 0 Å².